The predicted molar refractivity (Wildman–Crippen MR) is 96.5 cm³/mol. The number of rotatable bonds is 6. The van der Waals surface area contributed by atoms with Crippen molar-refractivity contribution < 1.29 is 9.53 Å². The van der Waals surface area contributed by atoms with Crippen LogP contribution in [-0.4, -0.2) is 54.0 Å². The minimum atomic E-state index is -0.255. The van der Waals surface area contributed by atoms with Gasteiger partial charge in [0.15, 0.2) is 5.82 Å². The van der Waals surface area contributed by atoms with Crippen LogP contribution in [0.5, 0.6) is 0 Å². The van der Waals surface area contributed by atoms with Crippen LogP contribution in [0.1, 0.15) is 18.1 Å². The van der Waals surface area contributed by atoms with Gasteiger partial charge in [0, 0.05) is 25.4 Å². The second-order valence-electron chi connectivity index (χ2n) is 6.46. The van der Waals surface area contributed by atoms with Crippen LogP contribution in [0, 0.1) is 0 Å². The molecule has 3 rings (SSSR count). The van der Waals surface area contributed by atoms with Gasteiger partial charge in [0.1, 0.15) is 6.10 Å². The molecule has 2 aromatic rings. The van der Waals surface area contributed by atoms with Crippen molar-refractivity contribution in [3.63, 3.8) is 0 Å². The van der Waals surface area contributed by atoms with E-state index in [9.17, 15) is 4.79 Å². The fraction of sp³-hybridized carbons (Fsp3) is 0.444. The van der Waals surface area contributed by atoms with Gasteiger partial charge in [-0.3, -0.25) is 10.00 Å². The van der Waals surface area contributed by atoms with E-state index in [0.717, 1.165) is 25.1 Å². The van der Waals surface area contributed by atoms with Crippen LogP contribution in [0.15, 0.2) is 42.6 Å². The summed E-state index contributed by atoms with van der Waals surface area (Å²) < 4.78 is 7.61. The zero-order valence-corrected chi connectivity index (χ0v) is 14.7. The minimum absolute atomic E-state index is 0.0433. The van der Waals surface area contributed by atoms with Crippen LogP contribution < -0.4 is 10.6 Å². The molecule has 1 aromatic heterocycles. The van der Waals surface area contributed by atoms with Crippen molar-refractivity contribution in [2.45, 2.75) is 25.1 Å². The smallest absolute Gasteiger partial charge is 0.320 e. The van der Waals surface area contributed by atoms with Crippen LogP contribution in [-0.2, 0) is 11.3 Å². The molecule has 1 aliphatic rings. The number of carbonyl (C=O) groups excluding carboxylic acids is 1. The molecule has 25 heavy (non-hydrogen) atoms. The Hall–Kier alpha value is -2.38. The van der Waals surface area contributed by atoms with Crippen LogP contribution in [0.25, 0.3) is 0 Å². The Balaban J connectivity index is 1.53. The van der Waals surface area contributed by atoms with Gasteiger partial charge in [-0.05, 0) is 26.1 Å². The Kier molecular flexibility index (Phi) is 5.67. The van der Waals surface area contributed by atoms with Crippen LogP contribution in [0.2, 0.25) is 0 Å². The Morgan fingerprint density at radius 2 is 2.12 bits per heavy atom. The normalized spacial score (nSPS) is 20.0. The van der Waals surface area contributed by atoms with E-state index in [4.69, 9.17) is 4.74 Å². The SMILES string of the molecule is CN(C)CCn1ccc(NC(=O)N[C@H]2CCO[C@@H]2c2ccccc2)n1. The van der Waals surface area contributed by atoms with Gasteiger partial charge in [-0.15, -0.1) is 0 Å². The number of aromatic nitrogens is 2. The number of ether oxygens (including phenoxy) is 1. The first kappa shape index (κ1) is 17.4. The molecule has 2 amide bonds. The third-order valence-electron chi connectivity index (χ3n) is 4.19. The Labute approximate surface area is 148 Å². The van der Waals surface area contributed by atoms with Crippen molar-refractivity contribution in [2.75, 3.05) is 32.6 Å². The summed E-state index contributed by atoms with van der Waals surface area (Å²) in [5, 5.41) is 10.2. The number of urea groups is 1. The molecule has 0 saturated carbocycles. The molecule has 1 aliphatic heterocycles. The van der Waals surface area contributed by atoms with Gasteiger partial charge in [-0.1, -0.05) is 30.3 Å². The second-order valence-corrected chi connectivity index (χ2v) is 6.46. The highest BCUT2D eigenvalue weighted by Gasteiger charge is 2.30. The van der Waals surface area contributed by atoms with E-state index in [2.05, 4.69) is 20.6 Å². The molecule has 0 bridgehead atoms. The summed E-state index contributed by atoms with van der Waals surface area (Å²) in [7, 11) is 4.03. The van der Waals surface area contributed by atoms with Gasteiger partial charge in [-0.25, -0.2) is 4.79 Å². The zero-order valence-electron chi connectivity index (χ0n) is 14.7. The monoisotopic (exact) mass is 343 g/mol. The molecule has 2 heterocycles. The standard InChI is InChI=1S/C18H25N5O2/c1-22(2)11-12-23-10-8-16(21-23)20-18(24)19-15-9-13-25-17(15)14-6-4-3-5-7-14/h3-8,10,15,17H,9,11-13H2,1-2H3,(H2,19,20,21,24)/t15-,17+/m0/s1. The number of anilines is 1. The maximum absolute atomic E-state index is 12.3. The molecule has 7 heteroatoms. The number of carbonyl (C=O) groups is 1. The molecular weight excluding hydrogens is 318 g/mol. The lowest BCUT2D eigenvalue weighted by atomic mass is 10.0. The number of nitrogens with zero attached hydrogens (tertiary/aromatic N) is 3. The van der Waals surface area contributed by atoms with E-state index in [1.165, 1.54) is 0 Å². The molecule has 0 spiro atoms. The van der Waals surface area contributed by atoms with Gasteiger partial charge in [0.05, 0.1) is 12.6 Å². The Morgan fingerprint density at radius 1 is 1.32 bits per heavy atom. The average Bonchev–Trinajstić information content (AvgIpc) is 3.23. The molecule has 0 radical (unpaired) electrons. The lowest BCUT2D eigenvalue weighted by Gasteiger charge is -2.20. The molecule has 0 unspecified atom stereocenters. The summed E-state index contributed by atoms with van der Waals surface area (Å²) in [6.07, 6.45) is 2.55. The van der Waals surface area contributed by atoms with Gasteiger partial charge < -0.3 is 15.0 Å². The molecule has 7 nitrogen and oxygen atoms in total. The minimum Gasteiger partial charge on any atom is -0.371 e. The van der Waals surface area contributed by atoms with Gasteiger partial charge in [-0.2, -0.15) is 5.10 Å². The third kappa shape index (κ3) is 4.80. The highest BCUT2D eigenvalue weighted by atomic mass is 16.5. The summed E-state index contributed by atoms with van der Waals surface area (Å²) in [4.78, 5) is 14.4. The first-order valence-electron chi connectivity index (χ1n) is 8.54. The molecule has 1 fully saturated rings. The average molecular weight is 343 g/mol. The molecular formula is C18H25N5O2. The molecule has 1 saturated heterocycles. The van der Waals surface area contributed by atoms with Gasteiger partial charge in [0.25, 0.3) is 0 Å². The summed E-state index contributed by atoms with van der Waals surface area (Å²) >= 11 is 0. The van der Waals surface area contributed by atoms with Crippen molar-refractivity contribution in [3.05, 3.63) is 48.2 Å². The quantitative estimate of drug-likeness (QED) is 0.843. The topological polar surface area (TPSA) is 71.4 Å². The highest BCUT2D eigenvalue weighted by Crippen LogP contribution is 2.28. The summed E-state index contributed by atoms with van der Waals surface area (Å²) in [6, 6.07) is 11.5. The van der Waals surface area contributed by atoms with Crippen LogP contribution in [0.4, 0.5) is 10.6 Å². The van der Waals surface area contributed by atoms with Crippen molar-refractivity contribution in [1.29, 1.82) is 0 Å². The summed E-state index contributed by atoms with van der Waals surface area (Å²) in [5.41, 5.74) is 1.08. The fourth-order valence-corrected chi connectivity index (χ4v) is 2.88. The van der Waals surface area contributed by atoms with Crippen LogP contribution in [0.3, 0.4) is 0 Å². The number of benzene rings is 1. The number of nitrogens with one attached hydrogen (secondary N) is 2. The van der Waals surface area contributed by atoms with E-state index >= 15 is 0 Å². The summed E-state index contributed by atoms with van der Waals surface area (Å²) in [5.74, 6) is 0.548. The Bertz CT molecular complexity index is 686. The molecule has 2 N–H and O–H groups in total. The molecule has 1 aromatic carbocycles. The van der Waals surface area contributed by atoms with E-state index < -0.39 is 0 Å². The Morgan fingerprint density at radius 3 is 2.88 bits per heavy atom. The number of hydrogen-bond acceptors (Lipinski definition) is 4. The van der Waals surface area contributed by atoms with E-state index in [-0.39, 0.29) is 18.2 Å². The molecule has 0 aliphatic carbocycles. The first-order chi connectivity index (χ1) is 12.1. The largest absolute Gasteiger partial charge is 0.371 e. The summed E-state index contributed by atoms with van der Waals surface area (Å²) in [6.45, 7) is 2.32. The lowest BCUT2D eigenvalue weighted by molar-refractivity contribution is 0.100. The fourth-order valence-electron chi connectivity index (χ4n) is 2.88. The predicted octanol–water partition coefficient (Wildman–Crippen LogP) is 2.10. The van der Waals surface area contributed by atoms with Crippen molar-refractivity contribution >= 4 is 11.8 Å². The second kappa shape index (κ2) is 8.13. The highest BCUT2D eigenvalue weighted by molar-refractivity contribution is 5.88. The van der Waals surface area contributed by atoms with Crippen LogP contribution >= 0.6 is 0 Å². The lowest BCUT2D eigenvalue weighted by Crippen LogP contribution is -2.39. The van der Waals surface area contributed by atoms with Gasteiger partial charge >= 0.3 is 6.03 Å². The molecule has 134 valence electrons. The third-order valence-corrected chi connectivity index (χ3v) is 4.19. The van der Waals surface area contributed by atoms with E-state index in [0.29, 0.717) is 12.4 Å². The van der Waals surface area contributed by atoms with E-state index in [1.54, 1.807) is 6.07 Å². The van der Waals surface area contributed by atoms with Crippen molar-refractivity contribution in [2.24, 2.45) is 0 Å². The van der Waals surface area contributed by atoms with Crippen molar-refractivity contribution in [1.82, 2.24) is 20.0 Å². The first-order valence-corrected chi connectivity index (χ1v) is 8.54. The molecule has 2 atom stereocenters. The number of likely N-dealkylation sites (N-methyl/N-ethyl adjacent to an activating group) is 1. The number of hydrogen-bond donors (Lipinski definition) is 2. The van der Waals surface area contributed by atoms with E-state index in [1.807, 2.05) is 55.3 Å². The maximum Gasteiger partial charge on any atom is 0.320 e. The zero-order chi connectivity index (χ0) is 17.6. The van der Waals surface area contributed by atoms with Crippen molar-refractivity contribution in [3.8, 4) is 0 Å². The number of amides is 2. The maximum atomic E-state index is 12.3. The van der Waals surface area contributed by atoms with Gasteiger partial charge in [0.2, 0.25) is 0 Å².